The molecule has 2 bridgehead atoms. The first-order valence-electron chi connectivity index (χ1n) is 15.3. The van der Waals surface area contributed by atoms with Gasteiger partial charge < -0.3 is 19.3 Å². The number of fused-ring (bicyclic) bond motifs is 1. The standard InChI is InChI=1S/C29H37ClN2O2.C3H7NOS.C2H6/c1-3-9-23-19-25(30)12-13-26(23)24-20-32-17-8-6-4-5-7-16-31(2)29(33)15-11-22-10-14-28(34-21-24)27(32)18-22;1-3(5)4-6-2;1-2/h5,7,10,12-14,18-19,24H,3-4,6,8-9,11,15-17,20-21H2,1-2H3;1-2H3,(H,4,5);1-2H3/b7-5+;;. The van der Waals surface area contributed by atoms with Gasteiger partial charge in [-0.15, -0.1) is 0 Å². The number of hydrogen-bond acceptors (Lipinski definition) is 5. The van der Waals surface area contributed by atoms with Crippen LogP contribution in [0.4, 0.5) is 5.69 Å². The molecular weight excluding hydrogens is 566 g/mol. The molecule has 1 unspecified atom stereocenters. The van der Waals surface area contributed by atoms with Gasteiger partial charge in [-0.1, -0.05) is 75.0 Å². The molecule has 0 saturated carbocycles. The van der Waals surface area contributed by atoms with E-state index in [0.29, 0.717) is 19.6 Å². The quantitative estimate of drug-likeness (QED) is 0.280. The Balaban J connectivity index is 0.000000686. The second kappa shape index (κ2) is 19.5. The fourth-order valence-electron chi connectivity index (χ4n) is 5.16. The smallest absolute Gasteiger partial charge is 0.226 e. The summed E-state index contributed by atoms with van der Waals surface area (Å²) in [7, 11) is 1.89. The molecule has 2 aromatic carbocycles. The van der Waals surface area contributed by atoms with E-state index in [1.54, 1.807) is 6.26 Å². The molecule has 0 saturated heterocycles. The topological polar surface area (TPSA) is 61.9 Å². The molecule has 4 rings (SSSR count). The van der Waals surface area contributed by atoms with E-state index < -0.39 is 0 Å². The van der Waals surface area contributed by atoms with Crippen LogP contribution in [0, 0.1) is 0 Å². The highest BCUT2D eigenvalue weighted by atomic mass is 35.5. The molecule has 0 fully saturated rings. The van der Waals surface area contributed by atoms with E-state index in [-0.39, 0.29) is 17.7 Å². The van der Waals surface area contributed by atoms with Gasteiger partial charge in [0.25, 0.3) is 0 Å². The number of rotatable bonds is 4. The largest absolute Gasteiger partial charge is 0.491 e. The third-order valence-corrected chi connectivity index (χ3v) is 7.93. The van der Waals surface area contributed by atoms with Gasteiger partial charge in [0.2, 0.25) is 11.8 Å². The number of carbonyl (C=O) groups is 2. The molecule has 0 spiro atoms. The molecule has 2 aliphatic rings. The number of likely N-dealkylation sites (N-methyl/N-ethyl adjacent to an activating group) is 1. The zero-order chi connectivity index (χ0) is 30.9. The van der Waals surface area contributed by atoms with E-state index in [1.165, 1.54) is 35.6 Å². The first-order valence-corrected chi connectivity index (χ1v) is 16.9. The number of benzene rings is 2. The average Bonchev–Trinajstić information content (AvgIpc) is 3.15. The molecule has 0 radical (unpaired) electrons. The minimum absolute atomic E-state index is 0.00231. The van der Waals surface area contributed by atoms with Crippen LogP contribution in [0.3, 0.4) is 0 Å². The van der Waals surface area contributed by atoms with Gasteiger partial charge in [-0.2, -0.15) is 0 Å². The van der Waals surface area contributed by atoms with Crippen LogP contribution in [0.5, 0.6) is 5.75 Å². The molecule has 1 N–H and O–H groups in total. The summed E-state index contributed by atoms with van der Waals surface area (Å²) in [5.41, 5.74) is 5.04. The van der Waals surface area contributed by atoms with E-state index in [0.717, 1.165) is 68.1 Å². The van der Waals surface area contributed by atoms with Gasteiger partial charge >= 0.3 is 0 Å². The SMILES string of the molecule is CC.CCCc1cc(Cl)ccc1C1COc2ccc3cc2N(CCCC/C=C/CN(C)C(=O)CC3)C1.CSNC(C)=O. The summed E-state index contributed by atoms with van der Waals surface area (Å²) in [6.07, 6.45) is 12.8. The monoisotopic (exact) mass is 615 g/mol. The predicted octanol–water partition coefficient (Wildman–Crippen LogP) is 7.83. The summed E-state index contributed by atoms with van der Waals surface area (Å²) in [6, 6.07) is 12.8. The van der Waals surface area contributed by atoms with Gasteiger partial charge in [-0.3, -0.25) is 9.59 Å². The van der Waals surface area contributed by atoms with E-state index in [1.807, 2.05) is 31.9 Å². The van der Waals surface area contributed by atoms with Crippen molar-refractivity contribution in [2.45, 2.75) is 78.6 Å². The molecule has 2 amide bonds. The van der Waals surface area contributed by atoms with Crippen LogP contribution in [-0.4, -0.2) is 56.3 Å². The third kappa shape index (κ3) is 11.6. The Labute approximate surface area is 263 Å². The molecule has 0 aliphatic carbocycles. The Bertz CT molecular complexity index is 1160. The van der Waals surface area contributed by atoms with E-state index in [2.05, 4.69) is 59.0 Å². The Hall–Kier alpha value is -2.64. The van der Waals surface area contributed by atoms with Crippen molar-refractivity contribution in [2.24, 2.45) is 0 Å². The Kier molecular flexibility index (Phi) is 16.5. The summed E-state index contributed by atoms with van der Waals surface area (Å²) >= 11 is 7.65. The van der Waals surface area contributed by atoms with E-state index in [9.17, 15) is 9.59 Å². The fraction of sp³-hybridized carbons (Fsp3) is 0.529. The number of amides is 2. The second-order valence-electron chi connectivity index (χ2n) is 10.5. The lowest BCUT2D eigenvalue weighted by Gasteiger charge is -2.28. The molecule has 8 heteroatoms. The number of nitrogens with one attached hydrogen (secondary N) is 1. The number of ether oxygens (including phenoxy) is 1. The zero-order valence-electron chi connectivity index (χ0n) is 26.4. The molecule has 2 heterocycles. The Morgan fingerprint density at radius 2 is 1.90 bits per heavy atom. The summed E-state index contributed by atoms with van der Waals surface area (Å²) in [5.74, 6) is 1.42. The van der Waals surface area contributed by atoms with Crippen molar-refractivity contribution in [3.8, 4) is 5.75 Å². The summed E-state index contributed by atoms with van der Waals surface area (Å²) in [5, 5.41) is 0.803. The molecular formula is C34H50ClN3O3S. The lowest BCUT2D eigenvalue weighted by atomic mass is 9.92. The van der Waals surface area contributed by atoms with Crippen LogP contribution in [-0.2, 0) is 22.4 Å². The highest BCUT2D eigenvalue weighted by Crippen LogP contribution is 2.37. The summed E-state index contributed by atoms with van der Waals surface area (Å²) in [4.78, 5) is 26.8. The molecule has 6 nitrogen and oxygen atoms in total. The Morgan fingerprint density at radius 1 is 1.12 bits per heavy atom. The van der Waals surface area contributed by atoms with Crippen molar-refractivity contribution in [3.05, 3.63) is 70.3 Å². The maximum atomic E-state index is 12.6. The minimum atomic E-state index is 0.00231. The highest BCUT2D eigenvalue weighted by molar-refractivity contribution is 7.97. The molecule has 0 aromatic heterocycles. The molecule has 232 valence electrons. The van der Waals surface area contributed by atoms with Crippen LogP contribution >= 0.6 is 23.5 Å². The van der Waals surface area contributed by atoms with Gasteiger partial charge in [-0.25, -0.2) is 0 Å². The Morgan fingerprint density at radius 3 is 2.60 bits per heavy atom. The first kappa shape index (κ1) is 35.6. The van der Waals surface area contributed by atoms with E-state index in [4.69, 9.17) is 16.3 Å². The predicted molar refractivity (Wildman–Crippen MR) is 180 cm³/mol. The van der Waals surface area contributed by atoms with Crippen LogP contribution in [0.15, 0.2) is 48.6 Å². The number of nitrogens with zero attached hydrogens (tertiary/aromatic N) is 2. The van der Waals surface area contributed by atoms with Crippen molar-refractivity contribution in [1.82, 2.24) is 9.62 Å². The maximum Gasteiger partial charge on any atom is 0.226 e. The van der Waals surface area contributed by atoms with Crippen molar-refractivity contribution >= 4 is 41.1 Å². The maximum absolute atomic E-state index is 12.6. The zero-order valence-corrected chi connectivity index (χ0v) is 28.0. The second-order valence-corrected chi connectivity index (χ2v) is 11.5. The van der Waals surface area contributed by atoms with Gasteiger partial charge in [0.15, 0.2) is 0 Å². The van der Waals surface area contributed by atoms with Crippen molar-refractivity contribution < 1.29 is 14.3 Å². The lowest BCUT2D eigenvalue weighted by Crippen LogP contribution is -2.30. The van der Waals surface area contributed by atoms with Crippen molar-refractivity contribution in [3.63, 3.8) is 0 Å². The number of aryl methyl sites for hydroxylation is 2. The van der Waals surface area contributed by atoms with Crippen LogP contribution in [0.25, 0.3) is 0 Å². The van der Waals surface area contributed by atoms with Gasteiger partial charge in [0, 0.05) is 57.2 Å². The normalized spacial score (nSPS) is 18.0. The molecule has 2 aliphatic heterocycles. The highest BCUT2D eigenvalue weighted by Gasteiger charge is 2.26. The third-order valence-electron chi connectivity index (χ3n) is 7.20. The van der Waals surface area contributed by atoms with Crippen LogP contribution in [0.1, 0.15) is 82.4 Å². The number of anilines is 1. The van der Waals surface area contributed by atoms with Gasteiger partial charge in [-0.05, 0) is 73.1 Å². The number of hydrogen-bond donors (Lipinski definition) is 1. The molecule has 1 atom stereocenters. The van der Waals surface area contributed by atoms with Gasteiger partial charge in [0.05, 0.1) is 12.3 Å². The van der Waals surface area contributed by atoms with Crippen molar-refractivity contribution in [1.29, 1.82) is 0 Å². The van der Waals surface area contributed by atoms with Crippen molar-refractivity contribution in [2.75, 3.05) is 44.4 Å². The average molecular weight is 616 g/mol. The number of allylic oxidation sites excluding steroid dienone is 1. The van der Waals surface area contributed by atoms with Crippen LogP contribution < -0.4 is 14.4 Å². The summed E-state index contributed by atoms with van der Waals surface area (Å²) < 4.78 is 8.89. The first-order chi connectivity index (χ1) is 20.3. The molecule has 2 aromatic rings. The van der Waals surface area contributed by atoms with Crippen LogP contribution in [0.2, 0.25) is 5.02 Å². The lowest BCUT2D eigenvalue weighted by molar-refractivity contribution is -0.129. The van der Waals surface area contributed by atoms with Gasteiger partial charge in [0.1, 0.15) is 5.75 Å². The molecule has 42 heavy (non-hydrogen) atoms. The summed E-state index contributed by atoms with van der Waals surface area (Å²) in [6.45, 7) is 11.0. The minimum Gasteiger partial charge on any atom is -0.491 e. The number of carbonyl (C=O) groups excluding carboxylic acids is 2. The number of halogens is 1. The fourth-order valence-corrected chi connectivity index (χ4v) is 5.64. The van der Waals surface area contributed by atoms with E-state index >= 15 is 0 Å².